The number of fused-ring (bicyclic) bond motifs is 1. The Kier molecular flexibility index (Phi) is 4.06. The van der Waals surface area contributed by atoms with Gasteiger partial charge in [0.15, 0.2) is 11.6 Å². The highest BCUT2D eigenvalue weighted by molar-refractivity contribution is 5.91. The predicted octanol–water partition coefficient (Wildman–Crippen LogP) is 2.51. The zero-order valence-electron chi connectivity index (χ0n) is 14.8. The van der Waals surface area contributed by atoms with Crippen molar-refractivity contribution in [2.75, 3.05) is 36.5 Å². The summed E-state index contributed by atoms with van der Waals surface area (Å²) in [5.41, 5.74) is 1.74. The number of nitrogens with zero attached hydrogens (tertiary/aromatic N) is 5. The number of anilines is 3. The highest BCUT2D eigenvalue weighted by Crippen LogP contribution is 2.32. The number of rotatable bonds is 3. The van der Waals surface area contributed by atoms with Crippen LogP contribution in [0.5, 0.6) is 0 Å². The molecule has 0 radical (unpaired) electrons. The topological polar surface area (TPSA) is 85.3 Å². The normalized spacial score (nSPS) is 18.9. The minimum atomic E-state index is -0.396. The van der Waals surface area contributed by atoms with Gasteiger partial charge in [0.05, 0.1) is 30.6 Å². The number of aromatic nitrogens is 4. The summed E-state index contributed by atoms with van der Waals surface area (Å²) < 4.78 is 11.6. The number of pyridine rings is 1. The Labute approximate surface area is 156 Å². The molecule has 0 amide bonds. The lowest BCUT2D eigenvalue weighted by Gasteiger charge is -2.37. The first-order chi connectivity index (χ1) is 13.3. The lowest BCUT2D eigenvalue weighted by atomic mass is 10.0. The van der Waals surface area contributed by atoms with Gasteiger partial charge in [0.25, 0.3) is 0 Å². The molecule has 8 nitrogen and oxygen atoms in total. The van der Waals surface area contributed by atoms with Crippen LogP contribution >= 0.6 is 0 Å². The molecule has 3 aromatic rings. The lowest BCUT2D eigenvalue weighted by Crippen LogP contribution is -2.45. The first-order valence-corrected chi connectivity index (χ1v) is 9.15. The molecule has 2 aliphatic heterocycles. The molecule has 0 atom stereocenters. The Morgan fingerprint density at radius 3 is 2.70 bits per heavy atom. The smallest absolute Gasteiger partial charge is 0.249 e. The van der Waals surface area contributed by atoms with Crippen LogP contribution < -0.4 is 10.2 Å². The van der Waals surface area contributed by atoms with Crippen molar-refractivity contribution in [1.29, 1.82) is 0 Å². The summed E-state index contributed by atoms with van der Waals surface area (Å²) in [6.07, 6.45) is 5.13. The molecule has 2 fully saturated rings. The Hall–Kier alpha value is -2.84. The van der Waals surface area contributed by atoms with Gasteiger partial charge in [-0.15, -0.1) is 5.10 Å². The molecule has 0 aliphatic carbocycles. The maximum absolute atomic E-state index is 5.79. The van der Waals surface area contributed by atoms with Crippen LogP contribution in [-0.4, -0.2) is 52.3 Å². The molecule has 0 saturated carbocycles. The van der Waals surface area contributed by atoms with E-state index in [1.54, 1.807) is 12.4 Å². The third kappa shape index (κ3) is 3.17. The Morgan fingerprint density at radius 2 is 1.85 bits per heavy atom. The van der Waals surface area contributed by atoms with Gasteiger partial charge in [-0.25, -0.2) is 0 Å². The van der Waals surface area contributed by atoms with Crippen LogP contribution in [0.3, 0.4) is 0 Å². The van der Waals surface area contributed by atoms with Gasteiger partial charge in [0.1, 0.15) is 0 Å². The third-order valence-electron chi connectivity index (χ3n) is 5.09. The first-order valence-electron chi connectivity index (χ1n) is 9.15. The van der Waals surface area contributed by atoms with Gasteiger partial charge in [-0.1, -0.05) is 18.2 Å². The number of hydrogen-bond donors (Lipinski definition) is 1. The molecule has 27 heavy (non-hydrogen) atoms. The molecule has 0 bridgehead atoms. The largest absolute Gasteiger partial charge is 0.355 e. The quantitative estimate of drug-likeness (QED) is 0.759. The van der Waals surface area contributed by atoms with E-state index in [0.717, 1.165) is 48.3 Å². The van der Waals surface area contributed by atoms with E-state index in [4.69, 9.17) is 9.47 Å². The molecule has 1 N–H and O–H groups in total. The van der Waals surface area contributed by atoms with Gasteiger partial charge in [0.2, 0.25) is 5.95 Å². The molecule has 1 spiro atoms. The summed E-state index contributed by atoms with van der Waals surface area (Å²) in [7, 11) is 0. The van der Waals surface area contributed by atoms with Gasteiger partial charge in [0, 0.05) is 37.5 Å². The zero-order valence-corrected chi connectivity index (χ0v) is 14.8. The van der Waals surface area contributed by atoms with Gasteiger partial charge < -0.3 is 19.7 Å². The van der Waals surface area contributed by atoms with Gasteiger partial charge in [-0.05, 0) is 12.1 Å². The maximum Gasteiger partial charge on any atom is 0.249 e. The standard InChI is InChI=1S/C19H20N6O2/c1-3-14-4-2-8-20-17(14)15(5-1)22-18-23-16(13-21-24-18)25-9-6-19(7-10-25)26-11-12-27-19/h1-5,8,13H,6-7,9-12H2,(H,22,23,24). The molecule has 0 unspecified atom stereocenters. The number of hydrogen-bond acceptors (Lipinski definition) is 8. The fourth-order valence-electron chi connectivity index (χ4n) is 3.69. The first kappa shape index (κ1) is 16.3. The Morgan fingerprint density at radius 1 is 1.04 bits per heavy atom. The van der Waals surface area contributed by atoms with E-state index < -0.39 is 5.79 Å². The van der Waals surface area contributed by atoms with Crippen molar-refractivity contribution in [3.63, 3.8) is 0 Å². The second-order valence-electron chi connectivity index (χ2n) is 6.74. The Bertz CT molecular complexity index is 944. The number of para-hydroxylation sites is 1. The molecule has 1 aromatic carbocycles. The van der Waals surface area contributed by atoms with E-state index in [0.29, 0.717) is 19.2 Å². The van der Waals surface area contributed by atoms with Crippen molar-refractivity contribution in [3.05, 3.63) is 42.7 Å². The Balaban J connectivity index is 1.35. The fraction of sp³-hybridized carbons (Fsp3) is 0.368. The lowest BCUT2D eigenvalue weighted by molar-refractivity contribution is -0.169. The van der Waals surface area contributed by atoms with E-state index >= 15 is 0 Å². The van der Waals surface area contributed by atoms with Crippen molar-refractivity contribution >= 4 is 28.4 Å². The number of ether oxygens (including phenoxy) is 2. The molecular weight excluding hydrogens is 344 g/mol. The van der Waals surface area contributed by atoms with Crippen LogP contribution in [0.1, 0.15) is 12.8 Å². The van der Waals surface area contributed by atoms with Crippen LogP contribution in [0.15, 0.2) is 42.7 Å². The van der Waals surface area contributed by atoms with Crippen LogP contribution in [0.2, 0.25) is 0 Å². The molecule has 8 heteroatoms. The van der Waals surface area contributed by atoms with Gasteiger partial charge in [-0.3, -0.25) is 4.98 Å². The number of benzene rings is 1. The average molecular weight is 364 g/mol. The van der Waals surface area contributed by atoms with Crippen molar-refractivity contribution in [2.45, 2.75) is 18.6 Å². The molecule has 5 rings (SSSR count). The summed E-state index contributed by atoms with van der Waals surface area (Å²) in [5.74, 6) is 0.861. The predicted molar refractivity (Wildman–Crippen MR) is 101 cm³/mol. The zero-order chi connectivity index (χ0) is 18.1. The summed E-state index contributed by atoms with van der Waals surface area (Å²) in [4.78, 5) is 11.3. The highest BCUT2D eigenvalue weighted by atomic mass is 16.7. The SMILES string of the molecule is c1cnc2c(Nc3nncc(N4CCC5(CC4)OCCO5)n3)cccc2c1. The van der Waals surface area contributed by atoms with Crippen LogP contribution in [0.25, 0.3) is 10.9 Å². The van der Waals surface area contributed by atoms with Crippen LogP contribution in [0.4, 0.5) is 17.5 Å². The third-order valence-corrected chi connectivity index (χ3v) is 5.09. The number of piperidine rings is 1. The van der Waals surface area contributed by atoms with Crippen molar-refractivity contribution in [1.82, 2.24) is 20.2 Å². The van der Waals surface area contributed by atoms with E-state index in [9.17, 15) is 0 Å². The average Bonchev–Trinajstić information content (AvgIpc) is 3.17. The van der Waals surface area contributed by atoms with E-state index in [-0.39, 0.29) is 0 Å². The minimum Gasteiger partial charge on any atom is -0.355 e. The maximum atomic E-state index is 5.79. The van der Waals surface area contributed by atoms with Gasteiger partial charge in [-0.2, -0.15) is 10.1 Å². The number of nitrogens with one attached hydrogen (secondary N) is 1. The van der Waals surface area contributed by atoms with Crippen molar-refractivity contribution in [2.24, 2.45) is 0 Å². The monoisotopic (exact) mass is 364 g/mol. The second-order valence-corrected chi connectivity index (χ2v) is 6.74. The van der Waals surface area contributed by atoms with Crippen molar-refractivity contribution < 1.29 is 9.47 Å². The van der Waals surface area contributed by atoms with E-state index in [1.165, 1.54) is 0 Å². The molecule has 2 aromatic heterocycles. The molecular formula is C19H20N6O2. The highest BCUT2D eigenvalue weighted by Gasteiger charge is 2.40. The van der Waals surface area contributed by atoms with E-state index in [1.807, 2.05) is 30.3 Å². The van der Waals surface area contributed by atoms with Gasteiger partial charge >= 0.3 is 0 Å². The van der Waals surface area contributed by atoms with Crippen LogP contribution in [-0.2, 0) is 9.47 Å². The summed E-state index contributed by atoms with van der Waals surface area (Å²) >= 11 is 0. The summed E-state index contributed by atoms with van der Waals surface area (Å²) in [5, 5.41) is 12.6. The fourth-order valence-corrected chi connectivity index (χ4v) is 3.69. The van der Waals surface area contributed by atoms with E-state index in [2.05, 4.69) is 30.4 Å². The van der Waals surface area contributed by atoms with Crippen LogP contribution in [0, 0.1) is 0 Å². The second kappa shape index (κ2) is 6.71. The molecule has 4 heterocycles. The molecule has 138 valence electrons. The molecule has 2 saturated heterocycles. The summed E-state index contributed by atoms with van der Waals surface area (Å²) in [6, 6.07) is 9.92. The molecule has 2 aliphatic rings. The minimum absolute atomic E-state index is 0.396. The van der Waals surface area contributed by atoms with Crippen molar-refractivity contribution in [3.8, 4) is 0 Å². The summed E-state index contributed by atoms with van der Waals surface area (Å²) in [6.45, 7) is 2.99.